The third kappa shape index (κ3) is 1.95. The van der Waals surface area contributed by atoms with Crippen molar-refractivity contribution in [3.05, 3.63) is 0 Å². The topological polar surface area (TPSA) is 37.3 Å². The van der Waals surface area contributed by atoms with Crippen LogP contribution in [-0.2, 0) is 4.79 Å². The van der Waals surface area contributed by atoms with E-state index in [1.165, 1.54) is 51.4 Å². The van der Waals surface area contributed by atoms with Crippen molar-refractivity contribution in [2.75, 3.05) is 0 Å². The van der Waals surface area contributed by atoms with Crippen LogP contribution in [0.3, 0.4) is 0 Å². The first kappa shape index (κ1) is 15.9. The Balaban J connectivity index is 1.46. The number of fused-ring (bicyclic) bond motifs is 4. The smallest absolute Gasteiger partial charge is 0.136 e. The van der Waals surface area contributed by atoms with Crippen molar-refractivity contribution in [1.82, 2.24) is 0 Å². The molecule has 0 heterocycles. The molecule has 5 rings (SSSR count). The summed E-state index contributed by atoms with van der Waals surface area (Å²) >= 11 is 0. The standard InChI is InChI=1S/C22H34O2/c1-21-11-8-15(23)13-14(21)4-5-16-17(21)9-12-22-10-2-3-20(24)19(22)7-6-18(16)22/h14-19,23H,2-13H2,1H3/t14-,15-,16-,17+,18+,19?,21+,22+/m1/s1. The lowest BCUT2D eigenvalue weighted by Crippen LogP contribution is -2.55. The molecule has 5 aliphatic rings. The maximum Gasteiger partial charge on any atom is 0.136 e. The molecule has 0 saturated heterocycles. The minimum Gasteiger partial charge on any atom is -0.393 e. The molecule has 1 spiro atoms. The van der Waals surface area contributed by atoms with E-state index >= 15 is 0 Å². The summed E-state index contributed by atoms with van der Waals surface area (Å²) in [5.41, 5.74) is 0.883. The van der Waals surface area contributed by atoms with Crippen molar-refractivity contribution in [3.63, 3.8) is 0 Å². The van der Waals surface area contributed by atoms with Gasteiger partial charge in [-0.25, -0.2) is 0 Å². The zero-order valence-electron chi connectivity index (χ0n) is 15.3. The molecular formula is C22H34O2. The molecule has 8 atom stereocenters. The first-order valence-corrected chi connectivity index (χ1v) is 10.8. The van der Waals surface area contributed by atoms with Gasteiger partial charge in [0, 0.05) is 12.3 Å². The number of carbonyl (C=O) groups excluding carboxylic acids is 1. The molecule has 0 aromatic carbocycles. The lowest BCUT2D eigenvalue weighted by Gasteiger charge is -2.62. The predicted molar refractivity (Wildman–Crippen MR) is 94.4 cm³/mol. The largest absolute Gasteiger partial charge is 0.393 e. The Labute approximate surface area is 146 Å². The number of hydrogen-bond acceptors (Lipinski definition) is 2. The van der Waals surface area contributed by atoms with E-state index in [1.54, 1.807) is 0 Å². The average molecular weight is 331 g/mol. The van der Waals surface area contributed by atoms with Crippen LogP contribution in [0.25, 0.3) is 0 Å². The average Bonchev–Trinajstić information content (AvgIpc) is 2.96. The lowest BCUT2D eigenvalue weighted by atomic mass is 9.43. The monoisotopic (exact) mass is 330 g/mol. The van der Waals surface area contributed by atoms with E-state index in [0.29, 0.717) is 22.5 Å². The van der Waals surface area contributed by atoms with Gasteiger partial charge in [0.05, 0.1) is 6.10 Å². The highest BCUT2D eigenvalue weighted by Crippen LogP contribution is 2.69. The first-order chi connectivity index (χ1) is 11.5. The normalized spacial score (nSPS) is 56.8. The van der Waals surface area contributed by atoms with Gasteiger partial charge in [0.1, 0.15) is 5.78 Å². The van der Waals surface area contributed by atoms with Crippen molar-refractivity contribution in [1.29, 1.82) is 0 Å². The van der Waals surface area contributed by atoms with Crippen molar-refractivity contribution in [3.8, 4) is 0 Å². The fraction of sp³-hybridized carbons (Fsp3) is 0.955. The van der Waals surface area contributed by atoms with Crippen molar-refractivity contribution in [2.24, 2.45) is 40.4 Å². The third-order valence-electron chi connectivity index (χ3n) is 9.81. The zero-order valence-corrected chi connectivity index (χ0v) is 15.3. The Morgan fingerprint density at radius 1 is 0.958 bits per heavy atom. The molecule has 2 nitrogen and oxygen atoms in total. The lowest BCUT2D eigenvalue weighted by molar-refractivity contribution is -0.149. The second kappa shape index (κ2) is 5.32. The maximum absolute atomic E-state index is 12.6. The molecule has 1 N–H and O–H groups in total. The fourth-order valence-electron chi connectivity index (χ4n) is 8.78. The van der Waals surface area contributed by atoms with Crippen molar-refractivity contribution >= 4 is 5.78 Å². The van der Waals surface area contributed by atoms with Crippen molar-refractivity contribution < 1.29 is 9.90 Å². The summed E-state index contributed by atoms with van der Waals surface area (Å²) in [6, 6.07) is 0. The Hall–Kier alpha value is -0.370. The number of aliphatic hydroxyl groups excluding tert-OH is 1. The van der Waals surface area contributed by atoms with E-state index in [9.17, 15) is 9.90 Å². The molecule has 0 bridgehead atoms. The zero-order chi connectivity index (χ0) is 16.5. The second-order valence-corrected chi connectivity index (χ2v) is 10.3. The number of hydrogen-bond donors (Lipinski definition) is 1. The quantitative estimate of drug-likeness (QED) is 0.696. The number of rotatable bonds is 0. The van der Waals surface area contributed by atoms with Crippen LogP contribution in [0.4, 0.5) is 0 Å². The molecule has 0 aromatic rings. The van der Waals surface area contributed by atoms with Crippen LogP contribution in [0.1, 0.15) is 84.0 Å². The number of aliphatic hydroxyl groups is 1. The van der Waals surface area contributed by atoms with Gasteiger partial charge in [-0.15, -0.1) is 0 Å². The van der Waals surface area contributed by atoms with Gasteiger partial charge in [0.15, 0.2) is 0 Å². The van der Waals surface area contributed by atoms with Gasteiger partial charge in [-0.05, 0) is 105 Å². The highest BCUT2D eigenvalue weighted by molar-refractivity contribution is 5.83. The molecule has 5 fully saturated rings. The highest BCUT2D eigenvalue weighted by Gasteiger charge is 2.63. The summed E-state index contributed by atoms with van der Waals surface area (Å²) < 4.78 is 0. The minimum absolute atomic E-state index is 0.0404. The van der Waals surface area contributed by atoms with E-state index in [1.807, 2.05) is 0 Å². The van der Waals surface area contributed by atoms with E-state index in [4.69, 9.17) is 0 Å². The van der Waals surface area contributed by atoms with Gasteiger partial charge in [0.25, 0.3) is 0 Å². The molecule has 0 radical (unpaired) electrons. The van der Waals surface area contributed by atoms with Gasteiger partial charge < -0.3 is 5.11 Å². The Bertz CT molecular complexity index is 542. The number of Topliss-reactive ketones (excluding diaryl/α,β-unsaturated/α-hetero) is 1. The van der Waals surface area contributed by atoms with E-state index in [-0.39, 0.29) is 6.10 Å². The number of ketones is 1. The van der Waals surface area contributed by atoms with Crippen LogP contribution in [0.2, 0.25) is 0 Å². The molecule has 24 heavy (non-hydrogen) atoms. The summed E-state index contributed by atoms with van der Waals surface area (Å²) in [5, 5.41) is 10.2. The molecule has 5 aliphatic carbocycles. The van der Waals surface area contributed by atoms with E-state index in [0.717, 1.165) is 49.4 Å². The fourth-order valence-corrected chi connectivity index (χ4v) is 8.78. The second-order valence-electron chi connectivity index (χ2n) is 10.3. The highest BCUT2D eigenvalue weighted by atomic mass is 16.3. The molecule has 134 valence electrons. The third-order valence-corrected chi connectivity index (χ3v) is 9.81. The molecule has 0 aliphatic heterocycles. The summed E-state index contributed by atoms with van der Waals surface area (Å²) in [6.07, 6.45) is 14.6. The summed E-state index contributed by atoms with van der Waals surface area (Å²) in [4.78, 5) is 12.6. The van der Waals surface area contributed by atoms with Crippen molar-refractivity contribution in [2.45, 2.75) is 90.1 Å². The van der Waals surface area contributed by atoms with Crippen LogP contribution in [0, 0.1) is 40.4 Å². The van der Waals surface area contributed by atoms with E-state index in [2.05, 4.69) is 6.92 Å². The van der Waals surface area contributed by atoms with E-state index < -0.39 is 0 Å². The molecule has 0 amide bonds. The minimum atomic E-state index is -0.0404. The Morgan fingerprint density at radius 2 is 1.83 bits per heavy atom. The molecule has 2 heteroatoms. The summed E-state index contributed by atoms with van der Waals surface area (Å²) in [5.74, 6) is 4.39. The van der Waals surface area contributed by atoms with Crippen LogP contribution in [0.15, 0.2) is 0 Å². The molecule has 1 unspecified atom stereocenters. The number of carbonyl (C=O) groups is 1. The van der Waals surface area contributed by atoms with Crippen LogP contribution in [-0.4, -0.2) is 17.0 Å². The van der Waals surface area contributed by atoms with Gasteiger partial charge in [-0.1, -0.05) is 6.92 Å². The summed E-state index contributed by atoms with van der Waals surface area (Å²) in [6.45, 7) is 2.57. The first-order valence-electron chi connectivity index (χ1n) is 10.8. The molecule has 5 saturated carbocycles. The Kier molecular flexibility index (Phi) is 3.51. The Morgan fingerprint density at radius 3 is 2.71 bits per heavy atom. The van der Waals surface area contributed by atoms with Gasteiger partial charge in [0.2, 0.25) is 0 Å². The van der Waals surface area contributed by atoms with Crippen LogP contribution < -0.4 is 0 Å². The molecule has 0 aromatic heterocycles. The van der Waals surface area contributed by atoms with Gasteiger partial charge in [-0.3, -0.25) is 4.79 Å². The summed E-state index contributed by atoms with van der Waals surface area (Å²) in [7, 11) is 0. The van der Waals surface area contributed by atoms with Crippen LogP contribution >= 0.6 is 0 Å². The van der Waals surface area contributed by atoms with Gasteiger partial charge in [-0.2, -0.15) is 0 Å². The maximum atomic E-state index is 12.6. The SMILES string of the molecule is C[C@]12CC[C@@H](O)C[C@H]1CC[C@H]1[C@@H]3CCC4C(=O)CCC[C@@]43CC[C@@H]12. The van der Waals surface area contributed by atoms with Gasteiger partial charge >= 0.3 is 0 Å². The van der Waals surface area contributed by atoms with Crippen LogP contribution in [0.5, 0.6) is 0 Å². The molecular weight excluding hydrogens is 296 g/mol. The predicted octanol–water partition coefficient (Wildman–Crippen LogP) is 4.74.